The van der Waals surface area contributed by atoms with Crippen LogP contribution < -0.4 is 0 Å². The van der Waals surface area contributed by atoms with Gasteiger partial charge in [0, 0.05) is 11.8 Å². The molecule has 0 saturated heterocycles. The first-order valence-corrected chi connectivity index (χ1v) is 6.75. The zero-order chi connectivity index (χ0) is 13.1. The van der Waals surface area contributed by atoms with Crippen molar-refractivity contribution >= 4 is 5.78 Å². The van der Waals surface area contributed by atoms with Gasteiger partial charge in [-0.3, -0.25) is 4.79 Å². The molecule has 0 aromatic rings. The summed E-state index contributed by atoms with van der Waals surface area (Å²) in [5, 5.41) is 10.1. The molecule has 17 heavy (non-hydrogen) atoms. The van der Waals surface area contributed by atoms with Crippen LogP contribution in [0.15, 0.2) is 12.2 Å². The van der Waals surface area contributed by atoms with Crippen molar-refractivity contribution in [2.45, 2.75) is 59.0 Å². The van der Waals surface area contributed by atoms with Crippen LogP contribution in [-0.4, -0.2) is 16.5 Å². The Hall–Kier alpha value is -0.630. The van der Waals surface area contributed by atoms with Gasteiger partial charge in [-0.1, -0.05) is 19.1 Å². The summed E-state index contributed by atoms with van der Waals surface area (Å²) in [4.78, 5) is 12.4. The van der Waals surface area contributed by atoms with Crippen LogP contribution in [0.25, 0.3) is 0 Å². The van der Waals surface area contributed by atoms with Crippen LogP contribution in [0.3, 0.4) is 0 Å². The van der Waals surface area contributed by atoms with Gasteiger partial charge in [-0.05, 0) is 52.4 Å². The van der Waals surface area contributed by atoms with E-state index in [1.807, 2.05) is 13.0 Å². The Morgan fingerprint density at radius 1 is 1.41 bits per heavy atom. The molecular weight excluding hydrogens is 212 g/mol. The molecule has 0 spiro atoms. The van der Waals surface area contributed by atoms with Crippen LogP contribution in [0.5, 0.6) is 0 Å². The number of aliphatic hydroxyl groups is 1. The van der Waals surface area contributed by atoms with Crippen molar-refractivity contribution in [3.05, 3.63) is 12.2 Å². The van der Waals surface area contributed by atoms with Gasteiger partial charge in [0.2, 0.25) is 0 Å². The average molecular weight is 238 g/mol. The molecule has 2 nitrogen and oxygen atoms in total. The quantitative estimate of drug-likeness (QED) is 0.763. The topological polar surface area (TPSA) is 37.3 Å². The van der Waals surface area contributed by atoms with Gasteiger partial charge in [-0.25, -0.2) is 0 Å². The Balaban J connectivity index is 2.70. The molecule has 3 unspecified atom stereocenters. The summed E-state index contributed by atoms with van der Waals surface area (Å²) < 4.78 is 0. The van der Waals surface area contributed by atoms with Crippen LogP contribution in [0.4, 0.5) is 0 Å². The Morgan fingerprint density at radius 2 is 2.06 bits per heavy atom. The summed E-state index contributed by atoms with van der Waals surface area (Å²) in [5.41, 5.74) is -0.865. The molecule has 1 fully saturated rings. The largest absolute Gasteiger partial charge is 0.390 e. The van der Waals surface area contributed by atoms with Crippen molar-refractivity contribution in [3.8, 4) is 0 Å². The Bertz CT molecular complexity index is 286. The molecule has 1 saturated carbocycles. The standard InChI is InChI=1S/C15H26O2/c1-5-6-7-8-12-11(2)9-10-13(14(12)16)15(3,4)17/h5-6,11-13,17H,7-10H2,1-4H3. The number of allylic oxidation sites excluding steroid dienone is 2. The van der Waals surface area contributed by atoms with E-state index in [1.54, 1.807) is 13.8 Å². The van der Waals surface area contributed by atoms with E-state index >= 15 is 0 Å². The van der Waals surface area contributed by atoms with E-state index in [0.717, 1.165) is 25.7 Å². The maximum Gasteiger partial charge on any atom is 0.142 e. The van der Waals surface area contributed by atoms with Gasteiger partial charge in [0.25, 0.3) is 0 Å². The Labute approximate surface area is 105 Å². The van der Waals surface area contributed by atoms with Crippen molar-refractivity contribution in [2.75, 3.05) is 0 Å². The van der Waals surface area contributed by atoms with Gasteiger partial charge in [0.15, 0.2) is 0 Å². The van der Waals surface area contributed by atoms with Crippen molar-refractivity contribution in [3.63, 3.8) is 0 Å². The summed E-state index contributed by atoms with van der Waals surface area (Å²) in [7, 11) is 0. The molecular formula is C15H26O2. The van der Waals surface area contributed by atoms with E-state index in [9.17, 15) is 9.90 Å². The van der Waals surface area contributed by atoms with E-state index in [2.05, 4.69) is 13.0 Å². The Kier molecular flexibility index (Phi) is 4.93. The summed E-state index contributed by atoms with van der Waals surface area (Å²) >= 11 is 0. The molecule has 1 rings (SSSR count). The highest BCUT2D eigenvalue weighted by atomic mass is 16.3. The summed E-state index contributed by atoms with van der Waals surface area (Å²) in [5.74, 6) is 0.706. The molecule has 3 atom stereocenters. The molecule has 1 aliphatic rings. The van der Waals surface area contributed by atoms with E-state index in [0.29, 0.717) is 5.92 Å². The number of carbonyl (C=O) groups excluding carboxylic acids is 1. The van der Waals surface area contributed by atoms with E-state index in [1.165, 1.54) is 0 Å². The SMILES string of the molecule is CC=CCCC1C(=O)C(C(C)(C)O)CCC1C. The third kappa shape index (κ3) is 3.67. The molecule has 0 radical (unpaired) electrons. The number of hydrogen-bond acceptors (Lipinski definition) is 2. The lowest BCUT2D eigenvalue weighted by Gasteiger charge is -2.38. The molecule has 0 aliphatic heterocycles. The highest BCUT2D eigenvalue weighted by Crippen LogP contribution is 2.38. The normalized spacial score (nSPS) is 31.1. The van der Waals surface area contributed by atoms with Crippen molar-refractivity contribution < 1.29 is 9.90 Å². The van der Waals surface area contributed by atoms with Crippen LogP contribution in [0, 0.1) is 17.8 Å². The average Bonchev–Trinajstić information content (AvgIpc) is 2.21. The zero-order valence-electron chi connectivity index (χ0n) is 11.6. The lowest BCUT2D eigenvalue weighted by Crippen LogP contribution is -2.44. The molecule has 98 valence electrons. The first kappa shape index (κ1) is 14.4. The van der Waals surface area contributed by atoms with Gasteiger partial charge in [-0.15, -0.1) is 0 Å². The summed E-state index contributed by atoms with van der Waals surface area (Å²) in [6.45, 7) is 7.69. The van der Waals surface area contributed by atoms with Crippen LogP contribution >= 0.6 is 0 Å². The fraction of sp³-hybridized carbons (Fsp3) is 0.800. The third-order valence-corrected chi connectivity index (χ3v) is 4.04. The van der Waals surface area contributed by atoms with Crippen LogP contribution in [0.2, 0.25) is 0 Å². The number of rotatable bonds is 4. The third-order valence-electron chi connectivity index (χ3n) is 4.04. The molecule has 0 aromatic carbocycles. The molecule has 1 aliphatic carbocycles. The molecule has 0 aromatic heterocycles. The molecule has 0 bridgehead atoms. The minimum atomic E-state index is -0.865. The highest BCUT2D eigenvalue weighted by molar-refractivity contribution is 5.85. The minimum absolute atomic E-state index is 0.136. The fourth-order valence-corrected chi connectivity index (χ4v) is 2.88. The zero-order valence-corrected chi connectivity index (χ0v) is 11.6. The number of carbonyl (C=O) groups is 1. The smallest absolute Gasteiger partial charge is 0.142 e. The predicted molar refractivity (Wildman–Crippen MR) is 70.7 cm³/mol. The van der Waals surface area contributed by atoms with Crippen molar-refractivity contribution in [1.29, 1.82) is 0 Å². The van der Waals surface area contributed by atoms with Crippen molar-refractivity contribution in [1.82, 2.24) is 0 Å². The second-order valence-electron chi connectivity index (χ2n) is 5.92. The summed E-state index contributed by atoms with van der Waals surface area (Å²) in [6, 6.07) is 0. The first-order valence-electron chi connectivity index (χ1n) is 6.75. The number of ketones is 1. The second-order valence-corrected chi connectivity index (χ2v) is 5.92. The summed E-state index contributed by atoms with van der Waals surface area (Å²) in [6.07, 6.45) is 7.94. The molecule has 1 N–H and O–H groups in total. The maximum atomic E-state index is 12.4. The van der Waals surface area contributed by atoms with Crippen LogP contribution in [-0.2, 0) is 4.79 Å². The first-order chi connectivity index (χ1) is 7.88. The van der Waals surface area contributed by atoms with Crippen LogP contribution in [0.1, 0.15) is 53.4 Å². The number of Topliss-reactive ketones (excluding diaryl/α,β-unsaturated/α-hetero) is 1. The van der Waals surface area contributed by atoms with E-state index < -0.39 is 5.60 Å². The van der Waals surface area contributed by atoms with Gasteiger partial charge < -0.3 is 5.11 Å². The highest BCUT2D eigenvalue weighted by Gasteiger charge is 2.41. The number of hydrogen-bond donors (Lipinski definition) is 1. The van der Waals surface area contributed by atoms with Gasteiger partial charge >= 0.3 is 0 Å². The van der Waals surface area contributed by atoms with Gasteiger partial charge in [-0.2, -0.15) is 0 Å². The monoisotopic (exact) mass is 238 g/mol. The maximum absolute atomic E-state index is 12.4. The molecule has 0 amide bonds. The van der Waals surface area contributed by atoms with E-state index in [-0.39, 0.29) is 17.6 Å². The Morgan fingerprint density at radius 3 is 2.59 bits per heavy atom. The molecule has 2 heteroatoms. The lowest BCUT2D eigenvalue weighted by molar-refractivity contribution is -0.140. The van der Waals surface area contributed by atoms with Gasteiger partial charge in [0.05, 0.1) is 5.60 Å². The minimum Gasteiger partial charge on any atom is -0.390 e. The van der Waals surface area contributed by atoms with E-state index in [4.69, 9.17) is 0 Å². The molecule has 0 heterocycles. The van der Waals surface area contributed by atoms with Crippen molar-refractivity contribution in [2.24, 2.45) is 17.8 Å². The van der Waals surface area contributed by atoms with Gasteiger partial charge in [0.1, 0.15) is 5.78 Å². The lowest BCUT2D eigenvalue weighted by atomic mass is 9.67. The fourth-order valence-electron chi connectivity index (χ4n) is 2.88. The predicted octanol–water partition coefficient (Wildman–Crippen LogP) is 3.35. The second kappa shape index (κ2) is 5.81.